The van der Waals surface area contributed by atoms with E-state index in [2.05, 4.69) is 11.4 Å². The zero-order valence-electron chi connectivity index (χ0n) is 11.6. The number of amides is 1. The van der Waals surface area contributed by atoms with Crippen molar-refractivity contribution in [1.82, 2.24) is 4.90 Å². The van der Waals surface area contributed by atoms with Gasteiger partial charge in [0.1, 0.15) is 0 Å². The SMILES string of the molecule is O=C(c1ccc2c(c1)NCC2)N1CCOC2CCCC21. The molecule has 3 aliphatic rings. The summed E-state index contributed by atoms with van der Waals surface area (Å²) in [5.74, 6) is 0.168. The van der Waals surface area contributed by atoms with E-state index in [-0.39, 0.29) is 18.1 Å². The summed E-state index contributed by atoms with van der Waals surface area (Å²) >= 11 is 0. The Labute approximate surface area is 119 Å². The van der Waals surface area contributed by atoms with Gasteiger partial charge in [-0.1, -0.05) is 6.07 Å². The van der Waals surface area contributed by atoms with Gasteiger partial charge in [0.15, 0.2) is 0 Å². The first-order chi connectivity index (χ1) is 9.83. The first-order valence-electron chi connectivity index (χ1n) is 7.62. The second kappa shape index (κ2) is 4.77. The summed E-state index contributed by atoms with van der Waals surface area (Å²) in [7, 11) is 0. The molecule has 106 valence electrons. The van der Waals surface area contributed by atoms with Crippen molar-refractivity contribution in [2.45, 2.75) is 37.8 Å². The number of nitrogens with zero attached hydrogens (tertiary/aromatic N) is 1. The van der Waals surface area contributed by atoms with Gasteiger partial charge >= 0.3 is 0 Å². The van der Waals surface area contributed by atoms with Crippen LogP contribution in [0.3, 0.4) is 0 Å². The number of carbonyl (C=O) groups excluding carboxylic acids is 1. The summed E-state index contributed by atoms with van der Waals surface area (Å²) < 4.78 is 5.79. The summed E-state index contributed by atoms with van der Waals surface area (Å²) in [6.07, 6.45) is 4.68. The molecule has 0 radical (unpaired) electrons. The fourth-order valence-corrected chi connectivity index (χ4v) is 3.77. The number of anilines is 1. The molecular weight excluding hydrogens is 252 g/mol. The van der Waals surface area contributed by atoms with E-state index in [4.69, 9.17) is 4.74 Å². The smallest absolute Gasteiger partial charge is 0.254 e. The van der Waals surface area contributed by atoms with E-state index in [9.17, 15) is 4.79 Å². The van der Waals surface area contributed by atoms with Crippen LogP contribution < -0.4 is 5.32 Å². The van der Waals surface area contributed by atoms with E-state index >= 15 is 0 Å². The molecule has 2 aliphatic heterocycles. The second-order valence-corrected chi connectivity index (χ2v) is 5.95. The van der Waals surface area contributed by atoms with Crippen molar-refractivity contribution in [3.05, 3.63) is 29.3 Å². The summed E-state index contributed by atoms with van der Waals surface area (Å²) in [5, 5.41) is 3.35. The molecule has 20 heavy (non-hydrogen) atoms. The number of morpholine rings is 1. The van der Waals surface area contributed by atoms with Crippen LogP contribution in [0.4, 0.5) is 5.69 Å². The predicted octanol–water partition coefficient (Wildman–Crippen LogP) is 2.05. The van der Waals surface area contributed by atoms with Gasteiger partial charge in [-0.15, -0.1) is 0 Å². The van der Waals surface area contributed by atoms with Crippen molar-refractivity contribution >= 4 is 11.6 Å². The lowest BCUT2D eigenvalue weighted by atomic mass is 10.1. The van der Waals surface area contributed by atoms with E-state index in [1.165, 1.54) is 12.0 Å². The molecule has 2 heterocycles. The van der Waals surface area contributed by atoms with Gasteiger partial charge in [-0.2, -0.15) is 0 Å². The molecule has 1 amide bonds. The Morgan fingerprint density at radius 2 is 2.30 bits per heavy atom. The van der Waals surface area contributed by atoms with Crippen LogP contribution in [-0.2, 0) is 11.2 Å². The average molecular weight is 272 g/mol. The van der Waals surface area contributed by atoms with Gasteiger partial charge in [-0.25, -0.2) is 0 Å². The van der Waals surface area contributed by atoms with Crippen LogP contribution in [-0.4, -0.2) is 42.6 Å². The van der Waals surface area contributed by atoms with Gasteiger partial charge < -0.3 is 15.0 Å². The molecule has 4 heteroatoms. The van der Waals surface area contributed by atoms with Crippen molar-refractivity contribution in [3.63, 3.8) is 0 Å². The molecule has 1 saturated carbocycles. The maximum Gasteiger partial charge on any atom is 0.254 e. The van der Waals surface area contributed by atoms with Gasteiger partial charge in [-0.05, 0) is 43.4 Å². The van der Waals surface area contributed by atoms with Crippen molar-refractivity contribution in [1.29, 1.82) is 0 Å². The first-order valence-corrected chi connectivity index (χ1v) is 7.62. The largest absolute Gasteiger partial charge is 0.384 e. The maximum atomic E-state index is 12.8. The Balaban J connectivity index is 1.60. The van der Waals surface area contributed by atoms with Crippen LogP contribution in [0.2, 0.25) is 0 Å². The fraction of sp³-hybridized carbons (Fsp3) is 0.562. The average Bonchev–Trinajstić information content (AvgIpc) is 3.13. The lowest BCUT2D eigenvalue weighted by molar-refractivity contribution is -0.0445. The molecule has 1 saturated heterocycles. The van der Waals surface area contributed by atoms with Crippen molar-refractivity contribution in [3.8, 4) is 0 Å². The van der Waals surface area contributed by atoms with Gasteiger partial charge in [0, 0.05) is 24.3 Å². The highest BCUT2D eigenvalue weighted by molar-refractivity contribution is 5.96. The molecule has 1 aromatic carbocycles. The van der Waals surface area contributed by atoms with Crippen LogP contribution in [0.5, 0.6) is 0 Å². The van der Waals surface area contributed by atoms with E-state index in [0.29, 0.717) is 6.61 Å². The van der Waals surface area contributed by atoms with Crippen molar-refractivity contribution < 1.29 is 9.53 Å². The van der Waals surface area contributed by atoms with Gasteiger partial charge in [0.25, 0.3) is 5.91 Å². The van der Waals surface area contributed by atoms with E-state index in [1.54, 1.807) is 0 Å². The molecule has 4 rings (SSSR count). The Hall–Kier alpha value is -1.55. The fourth-order valence-electron chi connectivity index (χ4n) is 3.77. The molecule has 0 bridgehead atoms. The standard InChI is InChI=1S/C16H20N2O2/c19-16(12-5-4-11-6-7-17-13(11)10-12)18-8-9-20-15-3-1-2-14(15)18/h4-5,10,14-15,17H,1-3,6-9H2. The van der Waals surface area contributed by atoms with E-state index in [0.717, 1.165) is 43.6 Å². The Kier molecular flexibility index (Phi) is 2.91. The van der Waals surface area contributed by atoms with E-state index < -0.39 is 0 Å². The summed E-state index contributed by atoms with van der Waals surface area (Å²) in [6.45, 7) is 2.38. The normalized spacial score (nSPS) is 27.9. The molecule has 0 aromatic heterocycles. The lowest BCUT2D eigenvalue weighted by Gasteiger charge is -2.37. The zero-order valence-corrected chi connectivity index (χ0v) is 11.6. The number of fused-ring (bicyclic) bond motifs is 2. The Bertz CT molecular complexity index is 543. The molecule has 2 atom stereocenters. The molecule has 2 unspecified atom stereocenters. The van der Waals surface area contributed by atoms with Crippen LogP contribution in [0.1, 0.15) is 35.2 Å². The Morgan fingerprint density at radius 3 is 3.25 bits per heavy atom. The van der Waals surface area contributed by atoms with Crippen LogP contribution in [0.25, 0.3) is 0 Å². The number of benzene rings is 1. The summed E-state index contributed by atoms with van der Waals surface area (Å²) in [4.78, 5) is 14.8. The third-order valence-corrected chi connectivity index (χ3v) is 4.81. The number of carbonyl (C=O) groups is 1. The van der Waals surface area contributed by atoms with E-state index in [1.807, 2.05) is 17.0 Å². The molecule has 1 aromatic rings. The number of nitrogens with one attached hydrogen (secondary N) is 1. The maximum absolute atomic E-state index is 12.8. The van der Waals surface area contributed by atoms with Gasteiger partial charge in [-0.3, -0.25) is 4.79 Å². The highest BCUT2D eigenvalue weighted by Gasteiger charge is 2.38. The lowest BCUT2D eigenvalue weighted by Crippen LogP contribution is -2.51. The van der Waals surface area contributed by atoms with Crippen molar-refractivity contribution in [2.24, 2.45) is 0 Å². The minimum Gasteiger partial charge on any atom is -0.384 e. The number of hydrogen-bond acceptors (Lipinski definition) is 3. The second-order valence-electron chi connectivity index (χ2n) is 5.95. The van der Waals surface area contributed by atoms with Gasteiger partial charge in [0.05, 0.1) is 18.8 Å². The highest BCUT2D eigenvalue weighted by Crippen LogP contribution is 2.31. The molecular formula is C16H20N2O2. The summed E-state index contributed by atoms with van der Waals surface area (Å²) in [6, 6.07) is 6.38. The molecule has 4 nitrogen and oxygen atoms in total. The Morgan fingerprint density at radius 1 is 1.35 bits per heavy atom. The molecule has 1 N–H and O–H groups in total. The van der Waals surface area contributed by atoms with Crippen LogP contribution in [0.15, 0.2) is 18.2 Å². The zero-order chi connectivity index (χ0) is 13.5. The third-order valence-electron chi connectivity index (χ3n) is 4.81. The van der Waals surface area contributed by atoms with Crippen molar-refractivity contribution in [2.75, 3.05) is 25.0 Å². The summed E-state index contributed by atoms with van der Waals surface area (Å²) in [5.41, 5.74) is 3.26. The highest BCUT2D eigenvalue weighted by atomic mass is 16.5. The molecule has 2 fully saturated rings. The van der Waals surface area contributed by atoms with Crippen LogP contribution >= 0.6 is 0 Å². The third kappa shape index (κ3) is 1.90. The first kappa shape index (κ1) is 12.2. The molecule has 1 aliphatic carbocycles. The quantitative estimate of drug-likeness (QED) is 0.850. The minimum absolute atomic E-state index is 0.168. The number of ether oxygens (including phenoxy) is 1. The monoisotopic (exact) mass is 272 g/mol. The topological polar surface area (TPSA) is 41.6 Å². The predicted molar refractivity (Wildman–Crippen MR) is 77.1 cm³/mol. The van der Waals surface area contributed by atoms with Gasteiger partial charge in [0.2, 0.25) is 0 Å². The number of rotatable bonds is 1. The number of hydrogen-bond donors (Lipinski definition) is 1. The minimum atomic E-state index is 0.168. The van der Waals surface area contributed by atoms with Crippen LogP contribution in [0, 0.1) is 0 Å². The molecule has 0 spiro atoms.